The minimum absolute atomic E-state index is 0.0470. The van der Waals surface area contributed by atoms with E-state index in [4.69, 9.17) is 0 Å². The van der Waals surface area contributed by atoms with E-state index in [1.54, 1.807) is 25.3 Å². The van der Waals surface area contributed by atoms with Crippen molar-refractivity contribution < 1.29 is 9.59 Å². The number of carbonyl (C=O) groups excluding carboxylic acids is 2. The monoisotopic (exact) mass is 446 g/mol. The lowest BCUT2D eigenvalue weighted by molar-refractivity contribution is 0.101. The predicted molar refractivity (Wildman–Crippen MR) is 107 cm³/mol. The van der Waals surface area contributed by atoms with Crippen LogP contribution in [-0.2, 0) is 4.79 Å². The standard InChI is InChI=1S/C18H13BrN3O2S2/c1-10-6-13(11(2)24)14(7-12(10)9-23)25-17-8-20-18(26-17)22-16-5-3-4-15(19)21-16/h3-8H,1-2H3,(H,20,21,22). The molecule has 0 atom stereocenters. The summed E-state index contributed by atoms with van der Waals surface area (Å²) in [6.07, 6.45) is 3.64. The largest absolute Gasteiger partial charge is 0.316 e. The number of pyridine rings is 1. The molecule has 2 heterocycles. The van der Waals surface area contributed by atoms with Crippen molar-refractivity contribution in [2.24, 2.45) is 0 Å². The first-order chi connectivity index (χ1) is 12.5. The van der Waals surface area contributed by atoms with Crippen LogP contribution in [0, 0.1) is 6.92 Å². The van der Waals surface area contributed by atoms with Gasteiger partial charge in [0.1, 0.15) is 10.4 Å². The molecule has 0 fully saturated rings. The molecule has 1 N–H and O–H groups in total. The molecule has 0 aliphatic rings. The molecule has 3 aromatic rings. The molecule has 0 saturated heterocycles. The van der Waals surface area contributed by atoms with Crippen LogP contribution in [0.2, 0.25) is 0 Å². The summed E-state index contributed by atoms with van der Waals surface area (Å²) in [7, 11) is 0. The van der Waals surface area contributed by atoms with E-state index < -0.39 is 0 Å². The molecule has 0 aliphatic carbocycles. The highest BCUT2D eigenvalue weighted by atomic mass is 79.9. The van der Waals surface area contributed by atoms with Gasteiger partial charge >= 0.3 is 0 Å². The minimum atomic E-state index is -0.0470. The van der Waals surface area contributed by atoms with Crippen LogP contribution in [0.5, 0.6) is 0 Å². The quantitative estimate of drug-likeness (QED) is 0.416. The van der Waals surface area contributed by atoms with E-state index in [-0.39, 0.29) is 5.78 Å². The van der Waals surface area contributed by atoms with Gasteiger partial charge in [-0.3, -0.25) is 9.59 Å². The summed E-state index contributed by atoms with van der Waals surface area (Å²) in [4.78, 5) is 32.4. The highest BCUT2D eigenvalue weighted by Gasteiger charge is 2.14. The summed E-state index contributed by atoms with van der Waals surface area (Å²) < 4.78 is 1.63. The molecule has 0 saturated carbocycles. The van der Waals surface area contributed by atoms with Crippen LogP contribution in [0.25, 0.3) is 0 Å². The van der Waals surface area contributed by atoms with Crippen molar-refractivity contribution in [3.05, 3.63) is 57.8 Å². The van der Waals surface area contributed by atoms with Crippen LogP contribution in [0.4, 0.5) is 10.9 Å². The third-order valence-corrected chi connectivity index (χ3v) is 5.97. The van der Waals surface area contributed by atoms with Gasteiger partial charge in [0.15, 0.2) is 10.9 Å². The number of nitrogens with zero attached hydrogens (tertiary/aromatic N) is 2. The minimum Gasteiger partial charge on any atom is -0.316 e. The fourth-order valence-corrected chi connectivity index (χ4v) is 4.60. The van der Waals surface area contributed by atoms with E-state index in [2.05, 4.69) is 31.2 Å². The van der Waals surface area contributed by atoms with Gasteiger partial charge in [0, 0.05) is 16.0 Å². The molecule has 131 valence electrons. The summed E-state index contributed by atoms with van der Waals surface area (Å²) in [5, 5.41) is 3.84. The lowest BCUT2D eigenvalue weighted by atomic mass is 10.0. The van der Waals surface area contributed by atoms with E-state index in [1.165, 1.54) is 30.0 Å². The van der Waals surface area contributed by atoms with Crippen LogP contribution in [0.3, 0.4) is 0 Å². The van der Waals surface area contributed by atoms with Gasteiger partial charge in [-0.15, -0.1) is 0 Å². The number of hydrogen-bond acceptors (Lipinski definition) is 7. The zero-order valence-electron chi connectivity index (χ0n) is 13.9. The molecule has 0 aliphatic heterocycles. The topological polar surface area (TPSA) is 72.0 Å². The van der Waals surface area contributed by atoms with Gasteiger partial charge < -0.3 is 5.32 Å². The van der Waals surface area contributed by atoms with Crippen LogP contribution < -0.4 is 5.32 Å². The van der Waals surface area contributed by atoms with Gasteiger partial charge in [-0.2, -0.15) is 0 Å². The molecule has 3 rings (SSSR count). The molecule has 2 aromatic heterocycles. The molecule has 1 radical (unpaired) electrons. The number of ketones is 1. The number of hydrogen-bond donors (Lipinski definition) is 1. The molecule has 8 heteroatoms. The molecule has 5 nitrogen and oxygen atoms in total. The Balaban J connectivity index is 1.85. The normalized spacial score (nSPS) is 10.6. The maximum Gasteiger partial charge on any atom is 0.233 e. The Morgan fingerprint density at radius 1 is 1.35 bits per heavy atom. The summed E-state index contributed by atoms with van der Waals surface area (Å²) in [5.41, 5.74) is 1.78. The molecular formula is C18H13BrN3O2S2. The number of aryl methyl sites for hydroxylation is 1. The first kappa shape index (κ1) is 18.8. The van der Waals surface area contributed by atoms with Gasteiger partial charge in [0.25, 0.3) is 0 Å². The van der Waals surface area contributed by atoms with E-state index >= 15 is 0 Å². The first-order valence-electron chi connectivity index (χ1n) is 7.53. The van der Waals surface area contributed by atoms with Crippen LogP contribution in [-0.4, -0.2) is 22.0 Å². The van der Waals surface area contributed by atoms with E-state index in [1.807, 2.05) is 24.5 Å². The Kier molecular flexibility index (Phi) is 5.85. The van der Waals surface area contributed by atoms with Gasteiger partial charge in [-0.1, -0.05) is 29.2 Å². The van der Waals surface area contributed by atoms with Crippen molar-refractivity contribution >= 4 is 62.0 Å². The van der Waals surface area contributed by atoms with Gasteiger partial charge in [0.2, 0.25) is 6.29 Å². The van der Waals surface area contributed by atoms with Crippen molar-refractivity contribution in [2.75, 3.05) is 5.32 Å². The predicted octanol–water partition coefficient (Wildman–Crippen LogP) is 5.16. The van der Waals surface area contributed by atoms with Crippen LogP contribution in [0.1, 0.15) is 28.4 Å². The van der Waals surface area contributed by atoms with Crippen molar-refractivity contribution in [3.63, 3.8) is 0 Å². The summed E-state index contributed by atoms with van der Waals surface area (Å²) in [6, 6.07) is 9.00. The second kappa shape index (κ2) is 8.11. The molecule has 0 unspecified atom stereocenters. The second-order valence-corrected chi connectivity index (χ2v) is 8.56. The maximum atomic E-state index is 11.9. The zero-order chi connectivity index (χ0) is 18.7. The number of halogens is 1. The van der Waals surface area contributed by atoms with Crippen molar-refractivity contribution in [1.82, 2.24) is 9.97 Å². The smallest absolute Gasteiger partial charge is 0.233 e. The molecule has 0 spiro atoms. The van der Waals surface area contributed by atoms with Crippen molar-refractivity contribution in [1.29, 1.82) is 0 Å². The lowest BCUT2D eigenvalue weighted by Crippen LogP contribution is -1.99. The molecule has 26 heavy (non-hydrogen) atoms. The summed E-state index contributed by atoms with van der Waals surface area (Å²) in [5.74, 6) is 0.636. The lowest BCUT2D eigenvalue weighted by Gasteiger charge is -2.08. The van der Waals surface area contributed by atoms with E-state index in [0.717, 1.165) is 19.3 Å². The number of thiazole rings is 1. The maximum absolute atomic E-state index is 11.9. The number of anilines is 2. The van der Waals surface area contributed by atoms with Crippen LogP contribution in [0.15, 0.2) is 50.2 Å². The number of Topliss-reactive ketones (excluding diaryl/α,β-unsaturated/α-hetero) is 1. The van der Waals surface area contributed by atoms with Gasteiger partial charge in [-0.05, 0) is 59.6 Å². The fourth-order valence-electron chi connectivity index (χ4n) is 2.22. The third kappa shape index (κ3) is 4.38. The average Bonchev–Trinajstić information content (AvgIpc) is 3.02. The van der Waals surface area contributed by atoms with Crippen molar-refractivity contribution in [3.8, 4) is 0 Å². The number of benzene rings is 1. The van der Waals surface area contributed by atoms with E-state index in [9.17, 15) is 9.59 Å². The Morgan fingerprint density at radius 3 is 2.85 bits per heavy atom. The summed E-state index contributed by atoms with van der Waals surface area (Å²) in [6.45, 7) is 3.31. The average molecular weight is 447 g/mol. The third-order valence-electron chi connectivity index (χ3n) is 3.46. The molecule has 0 bridgehead atoms. The first-order valence-corrected chi connectivity index (χ1v) is 9.96. The van der Waals surface area contributed by atoms with E-state index in [0.29, 0.717) is 22.1 Å². The number of aromatic nitrogens is 2. The number of nitrogens with one attached hydrogen (secondary N) is 1. The van der Waals surface area contributed by atoms with Crippen molar-refractivity contribution in [2.45, 2.75) is 23.0 Å². The highest BCUT2D eigenvalue weighted by Crippen LogP contribution is 2.37. The highest BCUT2D eigenvalue weighted by molar-refractivity contribution is 9.10. The fraction of sp³-hybridized carbons (Fsp3) is 0.111. The Bertz CT molecular complexity index is 988. The van der Waals surface area contributed by atoms with Gasteiger partial charge in [0.05, 0.1) is 10.4 Å². The molecular weight excluding hydrogens is 434 g/mol. The van der Waals surface area contributed by atoms with Crippen LogP contribution >= 0.6 is 39.0 Å². The second-order valence-electron chi connectivity index (χ2n) is 5.38. The molecule has 0 amide bonds. The molecule has 1 aromatic carbocycles. The Hall–Kier alpha value is -2.03. The Labute approximate surface area is 167 Å². The zero-order valence-corrected chi connectivity index (χ0v) is 17.1. The number of rotatable bonds is 6. The SMILES string of the molecule is CC(=O)c1cc(C)c([C]=O)cc1Sc1cnc(Nc2cccc(Br)n2)s1. The Morgan fingerprint density at radius 2 is 2.15 bits per heavy atom. The number of carbonyl (C=O) groups is 1. The summed E-state index contributed by atoms with van der Waals surface area (Å²) >= 11 is 6.17. The van der Waals surface area contributed by atoms with Gasteiger partial charge in [-0.25, -0.2) is 9.97 Å².